The molecule has 0 fully saturated rings. The highest BCUT2D eigenvalue weighted by molar-refractivity contribution is 5.67. The van der Waals surface area contributed by atoms with Crippen LogP contribution in [0.2, 0.25) is 0 Å². The van der Waals surface area contributed by atoms with Crippen LogP contribution in [0.25, 0.3) is 11.4 Å². The molecule has 0 atom stereocenters. The average Bonchev–Trinajstić information content (AvgIpc) is 2.92. The molecule has 3 aromatic rings. The second-order valence-corrected chi connectivity index (χ2v) is 8.91. The molecule has 1 aromatic heterocycles. The van der Waals surface area contributed by atoms with Crippen molar-refractivity contribution in [3.8, 4) is 28.6 Å². The maximum Gasteiger partial charge on any atom is 0.228 e. The van der Waals surface area contributed by atoms with Crippen LogP contribution in [0.3, 0.4) is 0 Å². The molecule has 1 heterocycles. The van der Waals surface area contributed by atoms with Gasteiger partial charge in [0.05, 0.1) is 47.8 Å². The van der Waals surface area contributed by atoms with Gasteiger partial charge in [-0.05, 0) is 49.6 Å². The summed E-state index contributed by atoms with van der Waals surface area (Å²) in [5.41, 5.74) is 10.7. The lowest BCUT2D eigenvalue weighted by molar-refractivity contribution is 0.0547. The number of ether oxygens (including phenoxy) is 5. The summed E-state index contributed by atoms with van der Waals surface area (Å²) in [5.74, 6) is 3.17. The Morgan fingerprint density at radius 2 is 1.31 bits per heavy atom. The fourth-order valence-corrected chi connectivity index (χ4v) is 4.24. The molecule has 0 saturated carbocycles. The molecule has 212 valence electrons. The quantitative estimate of drug-likeness (QED) is 0.230. The van der Waals surface area contributed by atoms with Crippen LogP contribution in [0, 0.1) is 20.8 Å². The predicted octanol–water partition coefficient (Wildman–Crippen LogP) is 3.51. The number of hydrogen-bond acceptors (Lipinski definition) is 11. The van der Waals surface area contributed by atoms with E-state index in [1.54, 1.807) is 21.3 Å². The van der Waals surface area contributed by atoms with Crippen LogP contribution >= 0.6 is 0 Å². The SMILES string of the molecule is COc1cc(CNc2nc(NCCOCCOCCN)nc(-c3c(C)cc(C)cc3C)n2)cc(OC)c1OC. The van der Waals surface area contributed by atoms with Gasteiger partial charge in [0.15, 0.2) is 17.3 Å². The highest BCUT2D eigenvalue weighted by Gasteiger charge is 2.16. The number of nitrogens with two attached hydrogens (primary N) is 1. The van der Waals surface area contributed by atoms with Crippen LogP contribution in [-0.2, 0) is 16.0 Å². The Balaban J connectivity index is 1.81. The van der Waals surface area contributed by atoms with Crippen molar-refractivity contribution in [3.63, 3.8) is 0 Å². The lowest BCUT2D eigenvalue weighted by atomic mass is 9.99. The number of methoxy groups -OCH3 is 3. The molecule has 0 radical (unpaired) electrons. The van der Waals surface area contributed by atoms with E-state index >= 15 is 0 Å². The summed E-state index contributed by atoms with van der Waals surface area (Å²) >= 11 is 0. The zero-order valence-electron chi connectivity index (χ0n) is 23.7. The lowest BCUT2D eigenvalue weighted by Crippen LogP contribution is -2.16. The minimum atomic E-state index is 0.428. The zero-order chi connectivity index (χ0) is 28.2. The number of anilines is 2. The molecule has 0 bridgehead atoms. The van der Waals surface area contributed by atoms with Crippen LogP contribution in [0.15, 0.2) is 24.3 Å². The predicted molar refractivity (Wildman–Crippen MR) is 152 cm³/mol. The van der Waals surface area contributed by atoms with Gasteiger partial charge in [-0.1, -0.05) is 17.7 Å². The first-order valence-corrected chi connectivity index (χ1v) is 12.9. The number of hydrogen-bond donors (Lipinski definition) is 3. The average molecular weight is 541 g/mol. The van der Waals surface area contributed by atoms with Crippen molar-refractivity contribution >= 4 is 11.9 Å². The van der Waals surface area contributed by atoms with Crippen molar-refractivity contribution in [2.24, 2.45) is 5.73 Å². The van der Waals surface area contributed by atoms with Gasteiger partial charge in [0.2, 0.25) is 17.6 Å². The molecule has 2 aromatic carbocycles. The van der Waals surface area contributed by atoms with Gasteiger partial charge in [-0.2, -0.15) is 15.0 Å². The standard InChI is InChI=1S/C28H40N6O5/c1-18-13-19(2)24(20(3)14-18)26-32-27(30-8-10-39-12-11-38-9-7-29)34-28(33-26)31-17-21-15-22(35-4)25(37-6)23(16-21)36-5/h13-16H,7-12,17,29H2,1-6H3,(H2,30,31,32,33,34). The summed E-state index contributed by atoms with van der Waals surface area (Å²) in [6.07, 6.45) is 0. The Labute approximate surface area is 230 Å². The fraction of sp³-hybridized carbons (Fsp3) is 0.464. The minimum Gasteiger partial charge on any atom is -0.493 e. The van der Waals surface area contributed by atoms with Gasteiger partial charge in [0.1, 0.15) is 0 Å². The fourth-order valence-electron chi connectivity index (χ4n) is 4.24. The number of benzene rings is 2. The Kier molecular flexibility index (Phi) is 11.5. The third kappa shape index (κ3) is 8.41. The maximum atomic E-state index is 5.62. The zero-order valence-corrected chi connectivity index (χ0v) is 23.7. The number of aromatic nitrogens is 3. The highest BCUT2D eigenvalue weighted by atomic mass is 16.5. The third-order valence-electron chi connectivity index (χ3n) is 5.87. The van der Waals surface area contributed by atoms with Crippen molar-refractivity contribution in [2.45, 2.75) is 27.3 Å². The van der Waals surface area contributed by atoms with Crippen molar-refractivity contribution in [2.75, 3.05) is 71.5 Å². The number of rotatable bonds is 16. The number of aryl methyl sites for hydroxylation is 3. The Hall–Kier alpha value is -3.67. The molecule has 0 spiro atoms. The van der Waals surface area contributed by atoms with E-state index in [0.29, 0.717) is 81.0 Å². The smallest absolute Gasteiger partial charge is 0.228 e. The molecule has 0 saturated heterocycles. The molecule has 0 aliphatic carbocycles. The van der Waals surface area contributed by atoms with Crippen molar-refractivity contribution in [3.05, 3.63) is 46.5 Å². The molecular weight excluding hydrogens is 500 g/mol. The molecule has 4 N–H and O–H groups in total. The molecule has 3 rings (SSSR count). The van der Waals surface area contributed by atoms with Crippen LogP contribution in [0.5, 0.6) is 17.2 Å². The summed E-state index contributed by atoms with van der Waals surface area (Å²) in [6.45, 7) is 9.67. The molecule has 0 aliphatic rings. The van der Waals surface area contributed by atoms with Gasteiger partial charge in [-0.3, -0.25) is 0 Å². The van der Waals surface area contributed by atoms with Crippen LogP contribution in [-0.4, -0.2) is 75.8 Å². The molecular formula is C28H40N6O5. The second kappa shape index (κ2) is 15.1. The summed E-state index contributed by atoms with van der Waals surface area (Å²) in [6, 6.07) is 8.03. The Morgan fingerprint density at radius 3 is 1.87 bits per heavy atom. The maximum absolute atomic E-state index is 5.62. The largest absolute Gasteiger partial charge is 0.493 e. The van der Waals surface area contributed by atoms with Crippen LogP contribution in [0.1, 0.15) is 22.3 Å². The third-order valence-corrected chi connectivity index (χ3v) is 5.87. The molecule has 0 amide bonds. The summed E-state index contributed by atoms with van der Waals surface area (Å²) in [7, 11) is 4.76. The summed E-state index contributed by atoms with van der Waals surface area (Å²) in [4.78, 5) is 14.1. The van der Waals surface area contributed by atoms with Crippen molar-refractivity contribution in [1.29, 1.82) is 0 Å². The first-order valence-electron chi connectivity index (χ1n) is 12.9. The highest BCUT2D eigenvalue weighted by Crippen LogP contribution is 2.38. The van der Waals surface area contributed by atoms with Crippen LogP contribution < -0.4 is 30.6 Å². The lowest BCUT2D eigenvalue weighted by Gasteiger charge is -2.16. The van der Waals surface area contributed by atoms with Crippen molar-refractivity contribution < 1.29 is 23.7 Å². The second-order valence-electron chi connectivity index (χ2n) is 8.91. The van der Waals surface area contributed by atoms with Gasteiger partial charge in [0, 0.05) is 25.2 Å². The first kappa shape index (κ1) is 29.9. The summed E-state index contributed by atoms with van der Waals surface area (Å²) in [5, 5.41) is 6.57. The number of nitrogens with zero attached hydrogens (tertiary/aromatic N) is 3. The Morgan fingerprint density at radius 1 is 0.718 bits per heavy atom. The van der Waals surface area contributed by atoms with E-state index in [9.17, 15) is 0 Å². The summed E-state index contributed by atoms with van der Waals surface area (Å²) < 4.78 is 27.4. The molecule has 0 aliphatic heterocycles. The van der Waals surface area contributed by atoms with E-state index < -0.39 is 0 Å². The van der Waals surface area contributed by atoms with E-state index in [1.807, 2.05) is 12.1 Å². The molecule has 11 heteroatoms. The van der Waals surface area contributed by atoms with E-state index in [1.165, 1.54) is 5.56 Å². The van der Waals surface area contributed by atoms with Gasteiger partial charge in [-0.15, -0.1) is 0 Å². The van der Waals surface area contributed by atoms with Crippen LogP contribution in [0.4, 0.5) is 11.9 Å². The van der Waals surface area contributed by atoms with Gasteiger partial charge < -0.3 is 40.1 Å². The van der Waals surface area contributed by atoms with E-state index in [0.717, 1.165) is 22.3 Å². The normalized spacial score (nSPS) is 10.8. The van der Waals surface area contributed by atoms with E-state index in [4.69, 9.17) is 39.4 Å². The number of nitrogens with one attached hydrogen (secondary N) is 2. The Bertz CT molecular complexity index is 1180. The minimum absolute atomic E-state index is 0.428. The molecule has 39 heavy (non-hydrogen) atoms. The van der Waals surface area contributed by atoms with Gasteiger partial charge in [0.25, 0.3) is 0 Å². The van der Waals surface area contributed by atoms with E-state index in [-0.39, 0.29) is 0 Å². The monoisotopic (exact) mass is 540 g/mol. The van der Waals surface area contributed by atoms with Crippen molar-refractivity contribution in [1.82, 2.24) is 15.0 Å². The van der Waals surface area contributed by atoms with Gasteiger partial charge >= 0.3 is 0 Å². The molecule has 0 unspecified atom stereocenters. The topological polar surface area (TPSA) is 135 Å². The van der Waals surface area contributed by atoms with E-state index in [2.05, 4.69) is 48.5 Å². The molecule has 11 nitrogen and oxygen atoms in total. The first-order chi connectivity index (χ1) is 18.9. The van der Waals surface area contributed by atoms with Gasteiger partial charge in [-0.25, -0.2) is 0 Å².